The van der Waals surface area contributed by atoms with E-state index >= 15 is 0 Å². The van der Waals surface area contributed by atoms with Gasteiger partial charge in [0, 0.05) is 25.4 Å². The van der Waals surface area contributed by atoms with Crippen LogP contribution in [0.25, 0.3) is 0 Å². The molecule has 2 rings (SSSR count). The van der Waals surface area contributed by atoms with Crippen LogP contribution in [-0.4, -0.2) is 104 Å². The van der Waals surface area contributed by atoms with E-state index in [4.69, 9.17) is 23.7 Å². The molecule has 0 spiro atoms. The Morgan fingerprint density at radius 3 is 1.96 bits per heavy atom. The smallest absolute Gasteiger partial charge is 0.306 e. The Labute approximate surface area is 287 Å². The quantitative estimate of drug-likeness (QED) is 0.158. The third-order valence-corrected chi connectivity index (χ3v) is 8.16. The van der Waals surface area contributed by atoms with Crippen LogP contribution >= 0.6 is 0 Å². The predicted octanol–water partition coefficient (Wildman–Crippen LogP) is 4.25. The molecule has 0 aliphatic carbocycles. The maximum Gasteiger partial charge on any atom is 0.306 e. The van der Waals surface area contributed by atoms with E-state index in [1.807, 2.05) is 51.5 Å². The van der Waals surface area contributed by atoms with Gasteiger partial charge >= 0.3 is 5.97 Å². The van der Waals surface area contributed by atoms with E-state index in [1.54, 1.807) is 35.4 Å². The number of nitrogens with zero attached hydrogens (tertiary/aromatic N) is 3. The fraction of sp³-hybridized carbons (Fsp3) is 0.595. The number of ether oxygens (including phenoxy) is 5. The topological polar surface area (TPSA) is 130 Å². The highest BCUT2D eigenvalue weighted by Crippen LogP contribution is 2.40. The number of hydrogen-bond acceptors (Lipinski definition) is 10. The van der Waals surface area contributed by atoms with E-state index in [0.29, 0.717) is 22.5 Å². The van der Waals surface area contributed by atoms with Crippen LogP contribution in [0.1, 0.15) is 57.6 Å². The standard InChI is InChI=1S/C27H38N2O4.C10H19NO4/c1-20(2)27(19-28,22-10-12-24(31-5)26(18-22)33-7)14-8-15-29(3)16-13-21-9-11-23(30-4)25(17-21)32-6;1-5-10(14)15-8(6-9(12)13)7-11(2,3)4/h9-12,17-18,20H,8,13-16H2,1-7H3;8H,5-7H2,1-4H3/t;8-/m.1/s1. The zero-order valence-electron chi connectivity index (χ0n) is 30.9. The summed E-state index contributed by atoms with van der Waals surface area (Å²) in [6.45, 7) is 8.19. The molecule has 0 saturated heterocycles. The lowest BCUT2D eigenvalue weighted by Crippen LogP contribution is -2.45. The number of rotatable bonds is 19. The third-order valence-electron chi connectivity index (χ3n) is 8.16. The van der Waals surface area contributed by atoms with Gasteiger partial charge in [-0.1, -0.05) is 32.9 Å². The Bertz CT molecular complexity index is 1330. The largest absolute Gasteiger partial charge is 0.550 e. The van der Waals surface area contributed by atoms with Crippen molar-refractivity contribution in [3.05, 3.63) is 47.5 Å². The molecule has 0 heterocycles. The first-order valence-corrected chi connectivity index (χ1v) is 16.3. The molecule has 11 nitrogen and oxygen atoms in total. The Morgan fingerprint density at radius 1 is 0.917 bits per heavy atom. The SMILES string of the molecule is CCC(=O)O[C@H](CC(=O)[O-])C[N+](C)(C)C.COc1ccc(CCN(C)CCCC(C#N)(c2ccc(OC)c(OC)c2)C(C)C)cc1OC. The highest BCUT2D eigenvalue weighted by atomic mass is 16.5. The molecule has 0 bridgehead atoms. The number of nitriles is 1. The van der Waals surface area contributed by atoms with Gasteiger partial charge in [0.15, 0.2) is 29.1 Å². The van der Waals surface area contributed by atoms with Crippen molar-refractivity contribution < 1.29 is 42.9 Å². The number of carbonyl (C=O) groups excluding carboxylic acids is 2. The third kappa shape index (κ3) is 13.6. The number of aliphatic carboxylic acids is 1. The van der Waals surface area contributed by atoms with E-state index in [0.717, 1.165) is 49.4 Å². The first-order valence-electron chi connectivity index (χ1n) is 16.3. The molecule has 2 aromatic rings. The van der Waals surface area contributed by atoms with E-state index in [-0.39, 0.29) is 24.7 Å². The minimum Gasteiger partial charge on any atom is -0.550 e. The van der Waals surface area contributed by atoms with Crippen LogP contribution in [0.5, 0.6) is 23.0 Å². The van der Waals surface area contributed by atoms with Crippen LogP contribution in [-0.2, 0) is 26.2 Å². The highest BCUT2D eigenvalue weighted by molar-refractivity contribution is 5.70. The van der Waals surface area contributed by atoms with Gasteiger partial charge in [0.1, 0.15) is 6.54 Å². The fourth-order valence-corrected chi connectivity index (χ4v) is 5.43. The molecule has 0 aromatic heterocycles. The maximum atomic E-state index is 11.0. The zero-order valence-corrected chi connectivity index (χ0v) is 30.9. The van der Waals surface area contributed by atoms with Gasteiger partial charge < -0.3 is 43.0 Å². The second-order valence-corrected chi connectivity index (χ2v) is 13.2. The molecule has 2 atom stereocenters. The normalized spacial score (nSPS) is 13.0. The van der Waals surface area contributed by atoms with Crippen LogP contribution in [0.4, 0.5) is 0 Å². The number of benzene rings is 2. The second-order valence-electron chi connectivity index (χ2n) is 13.2. The molecule has 0 fully saturated rings. The Morgan fingerprint density at radius 2 is 1.48 bits per heavy atom. The van der Waals surface area contributed by atoms with Crippen molar-refractivity contribution in [2.45, 2.75) is 64.4 Å². The van der Waals surface area contributed by atoms with Gasteiger partial charge in [-0.3, -0.25) is 4.79 Å². The van der Waals surface area contributed by atoms with Crippen LogP contribution in [0.2, 0.25) is 0 Å². The first kappa shape index (κ1) is 42.0. The van der Waals surface area contributed by atoms with Crippen molar-refractivity contribution in [3.8, 4) is 29.1 Å². The van der Waals surface area contributed by atoms with Gasteiger partial charge in [0.25, 0.3) is 0 Å². The fourth-order valence-electron chi connectivity index (χ4n) is 5.43. The van der Waals surface area contributed by atoms with Crippen molar-refractivity contribution in [1.29, 1.82) is 5.26 Å². The summed E-state index contributed by atoms with van der Waals surface area (Å²) in [6, 6.07) is 14.5. The minimum atomic E-state index is -1.20. The van der Waals surface area contributed by atoms with Crippen molar-refractivity contribution in [2.24, 2.45) is 5.92 Å². The average Bonchev–Trinajstić information content (AvgIpc) is 3.04. The van der Waals surface area contributed by atoms with Crippen molar-refractivity contribution in [1.82, 2.24) is 4.90 Å². The maximum absolute atomic E-state index is 11.0. The van der Waals surface area contributed by atoms with E-state index in [2.05, 4.69) is 37.9 Å². The lowest BCUT2D eigenvalue weighted by Gasteiger charge is -2.32. The Balaban J connectivity index is 0.000000646. The molecule has 2 aromatic carbocycles. The molecular formula is C37H57N3O8. The highest BCUT2D eigenvalue weighted by Gasteiger charge is 2.36. The lowest BCUT2D eigenvalue weighted by molar-refractivity contribution is -0.873. The lowest BCUT2D eigenvalue weighted by atomic mass is 9.69. The molecule has 0 saturated carbocycles. The summed E-state index contributed by atoms with van der Waals surface area (Å²) < 4.78 is 27.1. The van der Waals surface area contributed by atoms with Crippen molar-refractivity contribution in [2.75, 3.05) is 76.3 Å². The number of methoxy groups -OCH3 is 4. The van der Waals surface area contributed by atoms with Crippen LogP contribution in [0.15, 0.2) is 36.4 Å². The van der Waals surface area contributed by atoms with Crippen LogP contribution in [0.3, 0.4) is 0 Å². The zero-order chi connectivity index (χ0) is 36.5. The molecule has 48 heavy (non-hydrogen) atoms. The van der Waals surface area contributed by atoms with Crippen molar-refractivity contribution in [3.63, 3.8) is 0 Å². The summed E-state index contributed by atoms with van der Waals surface area (Å²) in [5.41, 5.74) is 1.60. The molecule has 0 N–H and O–H groups in total. The van der Waals surface area contributed by atoms with Crippen molar-refractivity contribution >= 4 is 11.9 Å². The van der Waals surface area contributed by atoms with E-state index in [9.17, 15) is 20.0 Å². The minimum absolute atomic E-state index is 0.165. The number of esters is 1. The summed E-state index contributed by atoms with van der Waals surface area (Å²) in [4.78, 5) is 23.8. The number of hydrogen-bond donors (Lipinski definition) is 0. The molecule has 0 amide bonds. The number of carboxylic acid groups (broad SMARTS) is 1. The van der Waals surface area contributed by atoms with E-state index in [1.165, 1.54) is 5.56 Å². The second kappa shape index (κ2) is 20.4. The Hall–Kier alpha value is -4.01. The monoisotopic (exact) mass is 671 g/mol. The Kier molecular flexibility index (Phi) is 17.8. The first-order chi connectivity index (χ1) is 22.6. The van der Waals surface area contributed by atoms with Gasteiger partial charge in [-0.25, -0.2) is 0 Å². The molecule has 0 radical (unpaired) electrons. The van der Waals surface area contributed by atoms with Gasteiger partial charge in [0.2, 0.25) is 0 Å². The predicted molar refractivity (Wildman–Crippen MR) is 184 cm³/mol. The number of likely N-dealkylation sites (N-methyl/N-ethyl adjacent to an activating group) is 2. The van der Waals surface area contributed by atoms with Gasteiger partial charge in [-0.05, 0) is 74.2 Å². The molecule has 1 unspecified atom stereocenters. The number of quaternary nitrogens is 1. The summed E-state index contributed by atoms with van der Waals surface area (Å²) in [5.74, 6) is 1.41. The van der Waals surface area contributed by atoms with Crippen LogP contribution in [0, 0.1) is 17.2 Å². The molecule has 0 aliphatic heterocycles. The molecule has 0 aliphatic rings. The van der Waals surface area contributed by atoms with E-state index < -0.39 is 17.5 Å². The summed E-state index contributed by atoms with van der Waals surface area (Å²) >= 11 is 0. The molecule has 11 heteroatoms. The summed E-state index contributed by atoms with van der Waals surface area (Å²) in [7, 11) is 14.4. The average molecular weight is 672 g/mol. The summed E-state index contributed by atoms with van der Waals surface area (Å²) in [6.07, 6.45) is 2.00. The number of carbonyl (C=O) groups is 2. The molecular weight excluding hydrogens is 614 g/mol. The van der Waals surface area contributed by atoms with Gasteiger partial charge in [-0.15, -0.1) is 0 Å². The van der Waals surface area contributed by atoms with Gasteiger partial charge in [-0.2, -0.15) is 5.26 Å². The molecule has 268 valence electrons. The van der Waals surface area contributed by atoms with Crippen LogP contribution < -0.4 is 24.1 Å². The van der Waals surface area contributed by atoms with Gasteiger partial charge in [0.05, 0.1) is 61.1 Å². The summed E-state index contributed by atoms with van der Waals surface area (Å²) in [5, 5.41) is 20.7. The number of carboxylic acids is 1.